The van der Waals surface area contributed by atoms with Crippen molar-refractivity contribution < 1.29 is 14.9 Å². The number of aromatic hydroxyl groups is 1. The molecule has 4 fully saturated rings. The topological polar surface area (TPSA) is 52.9 Å². The number of piperidine rings is 1. The maximum absolute atomic E-state index is 11.9. The summed E-state index contributed by atoms with van der Waals surface area (Å²) in [5, 5.41) is 22.1. The normalized spacial score (nSPS) is 39.6. The molecule has 2 aromatic rings. The molecule has 1 saturated heterocycles. The highest BCUT2D eigenvalue weighted by Gasteiger charge is 2.63. The molecule has 7 rings (SSSR count). The Morgan fingerprint density at radius 1 is 1.05 bits per heavy atom. The van der Waals surface area contributed by atoms with E-state index < -0.39 is 5.60 Å². The van der Waals surface area contributed by atoms with Crippen LogP contribution in [0.2, 0.25) is 0 Å². The lowest BCUT2D eigenvalue weighted by molar-refractivity contribution is -0.110. The van der Waals surface area contributed by atoms with Crippen LogP contribution in [0.4, 0.5) is 0 Å². The van der Waals surface area contributed by atoms with Crippen molar-refractivity contribution in [3.05, 3.63) is 59.2 Å². The Labute approximate surface area is 228 Å². The van der Waals surface area contributed by atoms with E-state index in [2.05, 4.69) is 49.1 Å². The van der Waals surface area contributed by atoms with Gasteiger partial charge in [-0.2, -0.15) is 0 Å². The molecule has 38 heavy (non-hydrogen) atoms. The molecule has 2 N–H and O–H groups in total. The van der Waals surface area contributed by atoms with E-state index in [1.807, 2.05) is 12.1 Å². The van der Waals surface area contributed by atoms with Crippen molar-refractivity contribution in [1.82, 2.24) is 4.90 Å². The van der Waals surface area contributed by atoms with Crippen molar-refractivity contribution in [2.45, 2.75) is 95.1 Å². The Kier molecular flexibility index (Phi) is 6.09. The van der Waals surface area contributed by atoms with E-state index in [-0.39, 0.29) is 5.41 Å². The number of nitrogens with zero attached hydrogens (tertiary/aromatic N) is 1. The lowest BCUT2D eigenvalue weighted by Crippen LogP contribution is -2.52. The van der Waals surface area contributed by atoms with Crippen LogP contribution >= 0.6 is 0 Å². The summed E-state index contributed by atoms with van der Waals surface area (Å²) in [5.74, 6) is 4.20. The number of hydrogen-bond acceptors (Lipinski definition) is 4. The van der Waals surface area contributed by atoms with Gasteiger partial charge in [-0.15, -0.1) is 0 Å². The van der Waals surface area contributed by atoms with Gasteiger partial charge in [0, 0.05) is 19.1 Å². The maximum atomic E-state index is 11.9. The number of phenolic OH excluding ortho intramolecular Hbond substituents is 1. The minimum absolute atomic E-state index is 0.0632. The predicted octanol–water partition coefficient (Wildman–Crippen LogP) is 6.65. The van der Waals surface area contributed by atoms with E-state index in [0.29, 0.717) is 29.4 Å². The van der Waals surface area contributed by atoms with Crippen molar-refractivity contribution >= 4 is 0 Å². The van der Waals surface area contributed by atoms with Crippen LogP contribution in [0.1, 0.15) is 93.7 Å². The fourth-order valence-corrected chi connectivity index (χ4v) is 10.1. The van der Waals surface area contributed by atoms with Crippen LogP contribution in [-0.2, 0) is 6.42 Å². The van der Waals surface area contributed by atoms with Gasteiger partial charge in [0.25, 0.3) is 0 Å². The van der Waals surface area contributed by atoms with Gasteiger partial charge < -0.3 is 14.9 Å². The second kappa shape index (κ2) is 9.27. The average molecular weight is 516 g/mol. The van der Waals surface area contributed by atoms with Gasteiger partial charge in [0.1, 0.15) is 18.1 Å². The minimum Gasteiger partial charge on any atom is -0.508 e. The number of aliphatic hydroxyl groups is 1. The zero-order valence-electron chi connectivity index (χ0n) is 23.2. The Morgan fingerprint density at radius 3 is 2.63 bits per heavy atom. The van der Waals surface area contributed by atoms with Crippen LogP contribution in [0.3, 0.4) is 0 Å². The number of hydrogen-bond donors (Lipinski definition) is 2. The van der Waals surface area contributed by atoms with Crippen molar-refractivity contribution in [1.29, 1.82) is 0 Å². The number of aryl methyl sites for hydroxylation is 1. The van der Waals surface area contributed by atoms with Gasteiger partial charge in [0.15, 0.2) is 0 Å². The molecule has 0 amide bonds. The van der Waals surface area contributed by atoms with E-state index in [1.54, 1.807) is 0 Å². The lowest BCUT2D eigenvalue weighted by atomic mass is 9.49. The number of rotatable bonds is 6. The molecule has 0 radical (unpaired) electrons. The molecule has 2 unspecified atom stereocenters. The molecule has 5 aliphatic rings. The third kappa shape index (κ3) is 3.84. The highest BCUT2D eigenvalue weighted by atomic mass is 16.5. The first-order valence-corrected chi connectivity index (χ1v) is 15.4. The van der Waals surface area contributed by atoms with Gasteiger partial charge in [-0.25, -0.2) is 0 Å². The van der Waals surface area contributed by atoms with Crippen LogP contribution in [-0.4, -0.2) is 46.5 Å². The molecule has 2 aromatic carbocycles. The highest BCUT2D eigenvalue weighted by Crippen LogP contribution is 2.68. The fraction of sp³-hybridized carbons (Fsp3) is 0.647. The summed E-state index contributed by atoms with van der Waals surface area (Å²) in [5.41, 5.74) is 3.48. The Morgan fingerprint density at radius 2 is 1.89 bits per heavy atom. The summed E-state index contributed by atoms with van der Waals surface area (Å²) in [6.45, 7) is 7.63. The third-order valence-electron chi connectivity index (χ3n) is 12.1. The first-order valence-electron chi connectivity index (χ1n) is 15.4. The molecule has 2 bridgehead atoms. The number of ether oxygens (including phenoxy) is 1. The van der Waals surface area contributed by atoms with Crippen LogP contribution in [0.15, 0.2) is 42.5 Å². The standard InChI is InChI=1S/C34H45NO3/c1-3-34(37)15-14-31-29-12-7-24-19-26(36)9-13-28(24)32(29)30(20-33(31,34)2)23-5-10-27(11-6-23)38-17-16-35-21-22-4-8-25(35)18-22/h5-6,9-11,13,19,22,25,29-32,36-37H,3-4,7-8,12,14-18,20-21H2,1-2H3/t22?,25?,29-,30+,31-,32+,33-,34-/m0/s1. The zero-order chi connectivity index (χ0) is 26.1. The Balaban J connectivity index is 1.15. The van der Waals surface area contributed by atoms with E-state index in [1.165, 1.54) is 42.5 Å². The molecule has 4 aliphatic carbocycles. The van der Waals surface area contributed by atoms with Crippen LogP contribution in [0, 0.1) is 23.2 Å². The monoisotopic (exact) mass is 515 g/mol. The maximum Gasteiger partial charge on any atom is 0.119 e. The van der Waals surface area contributed by atoms with Gasteiger partial charge in [-0.05, 0) is 134 Å². The zero-order valence-corrected chi connectivity index (χ0v) is 23.2. The van der Waals surface area contributed by atoms with Gasteiger partial charge in [-0.3, -0.25) is 4.90 Å². The van der Waals surface area contributed by atoms with Gasteiger partial charge >= 0.3 is 0 Å². The van der Waals surface area contributed by atoms with Gasteiger partial charge in [0.2, 0.25) is 0 Å². The number of fused-ring (bicyclic) bond motifs is 7. The molecule has 4 heteroatoms. The molecule has 0 aromatic heterocycles. The smallest absolute Gasteiger partial charge is 0.119 e. The lowest BCUT2D eigenvalue weighted by Gasteiger charge is -2.56. The second-order valence-corrected chi connectivity index (χ2v) is 13.6. The van der Waals surface area contributed by atoms with Crippen molar-refractivity contribution in [2.24, 2.45) is 23.2 Å². The van der Waals surface area contributed by atoms with Crippen LogP contribution < -0.4 is 4.74 Å². The van der Waals surface area contributed by atoms with E-state index in [4.69, 9.17) is 4.74 Å². The minimum atomic E-state index is -0.575. The quantitative estimate of drug-likeness (QED) is 0.452. The molecular formula is C34H45NO3. The molecular weight excluding hydrogens is 470 g/mol. The summed E-state index contributed by atoms with van der Waals surface area (Å²) in [7, 11) is 0. The van der Waals surface area contributed by atoms with E-state index in [9.17, 15) is 10.2 Å². The highest BCUT2D eigenvalue weighted by molar-refractivity contribution is 5.44. The average Bonchev–Trinajstić information content (AvgIpc) is 3.62. The Bertz CT molecular complexity index is 1180. The summed E-state index contributed by atoms with van der Waals surface area (Å²) in [6, 6.07) is 15.8. The Hall–Kier alpha value is -2.04. The number of likely N-dealkylation sites (tertiary alicyclic amines) is 1. The van der Waals surface area contributed by atoms with E-state index >= 15 is 0 Å². The predicted molar refractivity (Wildman–Crippen MR) is 151 cm³/mol. The summed E-state index contributed by atoms with van der Waals surface area (Å²) in [6.07, 6.45) is 10.3. The van der Waals surface area contributed by atoms with Crippen LogP contribution in [0.5, 0.6) is 11.5 Å². The van der Waals surface area contributed by atoms with Gasteiger partial charge in [0.05, 0.1) is 5.60 Å². The van der Waals surface area contributed by atoms with Crippen molar-refractivity contribution in [2.75, 3.05) is 19.7 Å². The van der Waals surface area contributed by atoms with E-state index in [0.717, 1.165) is 69.4 Å². The summed E-state index contributed by atoms with van der Waals surface area (Å²) < 4.78 is 6.22. The fourth-order valence-electron chi connectivity index (χ4n) is 10.1. The molecule has 4 nitrogen and oxygen atoms in total. The molecule has 3 saturated carbocycles. The first-order chi connectivity index (χ1) is 18.4. The SMILES string of the molecule is CC[C@]1(O)CC[C@H]2[C@@H]3CCc4cc(O)ccc4[C@H]3[C@@H](c3ccc(OCCN4CC5CCC4C5)cc3)C[C@@]21C. The molecule has 204 valence electrons. The van der Waals surface area contributed by atoms with Crippen molar-refractivity contribution in [3.63, 3.8) is 0 Å². The molecule has 1 heterocycles. The number of benzene rings is 2. The summed E-state index contributed by atoms with van der Waals surface area (Å²) >= 11 is 0. The first kappa shape index (κ1) is 25.0. The second-order valence-electron chi connectivity index (χ2n) is 13.6. The van der Waals surface area contributed by atoms with Crippen molar-refractivity contribution in [3.8, 4) is 11.5 Å². The molecule has 8 atom stereocenters. The summed E-state index contributed by atoms with van der Waals surface area (Å²) in [4.78, 5) is 2.64. The largest absolute Gasteiger partial charge is 0.508 e. The van der Waals surface area contributed by atoms with Gasteiger partial charge in [-0.1, -0.05) is 32.0 Å². The number of phenols is 1. The molecule has 1 aliphatic heterocycles. The van der Waals surface area contributed by atoms with Crippen LogP contribution in [0.25, 0.3) is 0 Å². The molecule has 0 spiro atoms. The third-order valence-corrected chi connectivity index (χ3v) is 12.1.